The van der Waals surface area contributed by atoms with E-state index in [1.807, 2.05) is 19.1 Å². The first-order valence-electron chi connectivity index (χ1n) is 6.68. The van der Waals surface area contributed by atoms with Crippen LogP contribution in [0.1, 0.15) is 34.8 Å². The highest BCUT2D eigenvalue weighted by Crippen LogP contribution is 2.34. The minimum atomic E-state index is -0.158. The van der Waals surface area contributed by atoms with Crippen molar-refractivity contribution >= 4 is 0 Å². The lowest BCUT2D eigenvalue weighted by Crippen LogP contribution is -2.17. The number of pyridine rings is 1. The molecule has 3 nitrogen and oxygen atoms in total. The van der Waals surface area contributed by atoms with Gasteiger partial charge < -0.3 is 10.5 Å². The van der Waals surface area contributed by atoms with E-state index >= 15 is 0 Å². The standard InChI is InChI=1S/C16H18N2O/c1-11-10-13(7-8-18-11)15(17)14-6-2-4-12-5-3-9-19-16(12)14/h2,4,6-8,10,15H,3,5,9,17H2,1H3. The topological polar surface area (TPSA) is 48.1 Å². The van der Waals surface area contributed by atoms with Gasteiger partial charge in [-0.15, -0.1) is 0 Å². The molecule has 2 N–H and O–H groups in total. The molecule has 0 amide bonds. The second-order valence-corrected chi connectivity index (χ2v) is 5.00. The number of hydrogen-bond donors (Lipinski definition) is 1. The second kappa shape index (κ2) is 5.02. The van der Waals surface area contributed by atoms with Crippen LogP contribution in [0.3, 0.4) is 0 Å². The first kappa shape index (κ1) is 12.2. The summed E-state index contributed by atoms with van der Waals surface area (Å²) in [5.41, 5.74) is 10.8. The molecule has 0 saturated carbocycles. The maximum Gasteiger partial charge on any atom is 0.127 e. The Labute approximate surface area is 113 Å². The zero-order valence-electron chi connectivity index (χ0n) is 11.1. The Kier molecular flexibility index (Phi) is 3.22. The molecule has 1 unspecified atom stereocenters. The molecule has 0 saturated heterocycles. The van der Waals surface area contributed by atoms with E-state index in [0.717, 1.165) is 42.0 Å². The molecule has 19 heavy (non-hydrogen) atoms. The third-order valence-corrected chi connectivity index (χ3v) is 3.58. The molecule has 3 rings (SSSR count). The summed E-state index contributed by atoms with van der Waals surface area (Å²) in [6.07, 6.45) is 3.96. The molecule has 0 aliphatic carbocycles. The summed E-state index contributed by atoms with van der Waals surface area (Å²) in [5.74, 6) is 0.982. The van der Waals surface area contributed by atoms with Crippen LogP contribution in [-0.4, -0.2) is 11.6 Å². The summed E-state index contributed by atoms with van der Waals surface area (Å²) >= 11 is 0. The minimum Gasteiger partial charge on any atom is -0.493 e. The molecule has 0 radical (unpaired) electrons. The molecule has 2 heterocycles. The molecule has 1 atom stereocenters. The zero-order chi connectivity index (χ0) is 13.2. The molecule has 0 bridgehead atoms. The van der Waals surface area contributed by atoms with Crippen molar-refractivity contribution in [2.24, 2.45) is 5.73 Å². The van der Waals surface area contributed by atoms with Gasteiger partial charge in [-0.1, -0.05) is 18.2 Å². The fraction of sp³-hybridized carbons (Fsp3) is 0.312. The summed E-state index contributed by atoms with van der Waals surface area (Å²) in [6.45, 7) is 2.76. The Bertz CT molecular complexity index is 595. The highest BCUT2D eigenvalue weighted by Gasteiger charge is 2.19. The van der Waals surface area contributed by atoms with Crippen LogP contribution in [0.4, 0.5) is 0 Å². The van der Waals surface area contributed by atoms with Crippen molar-refractivity contribution in [1.82, 2.24) is 4.98 Å². The Balaban J connectivity index is 2.02. The highest BCUT2D eigenvalue weighted by atomic mass is 16.5. The number of nitrogens with zero attached hydrogens (tertiary/aromatic N) is 1. The number of rotatable bonds is 2. The van der Waals surface area contributed by atoms with Crippen molar-refractivity contribution in [2.75, 3.05) is 6.61 Å². The van der Waals surface area contributed by atoms with Gasteiger partial charge in [0.2, 0.25) is 0 Å². The molecule has 2 aromatic rings. The average molecular weight is 254 g/mol. The summed E-state index contributed by atoms with van der Waals surface area (Å²) in [4.78, 5) is 4.22. The SMILES string of the molecule is Cc1cc(C(N)c2cccc3c2OCCC3)ccn1. The van der Waals surface area contributed by atoms with E-state index in [0.29, 0.717) is 0 Å². The Morgan fingerprint density at radius 3 is 3.05 bits per heavy atom. The number of aromatic nitrogens is 1. The molecular formula is C16H18N2O. The first-order valence-corrected chi connectivity index (χ1v) is 6.68. The highest BCUT2D eigenvalue weighted by molar-refractivity contribution is 5.47. The van der Waals surface area contributed by atoms with E-state index in [1.165, 1.54) is 5.56 Å². The van der Waals surface area contributed by atoms with Crippen LogP contribution >= 0.6 is 0 Å². The zero-order valence-corrected chi connectivity index (χ0v) is 11.1. The Morgan fingerprint density at radius 2 is 2.21 bits per heavy atom. The summed E-state index contributed by atoms with van der Waals surface area (Å²) in [6, 6.07) is 10.1. The molecule has 1 aromatic carbocycles. The van der Waals surface area contributed by atoms with Crippen LogP contribution in [0.2, 0.25) is 0 Å². The predicted molar refractivity (Wildman–Crippen MR) is 75.3 cm³/mol. The monoisotopic (exact) mass is 254 g/mol. The number of aryl methyl sites for hydroxylation is 2. The molecule has 1 aliphatic heterocycles. The van der Waals surface area contributed by atoms with Crippen LogP contribution in [0.25, 0.3) is 0 Å². The smallest absolute Gasteiger partial charge is 0.127 e. The fourth-order valence-electron chi connectivity index (χ4n) is 2.60. The van der Waals surface area contributed by atoms with E-state index in [2.05, 4.69) is 23.2 Å². The maximum atomic E-state index is 6.40. The van der Waals surface area contributed by atoms with Crippen molar-refractivity contribution in [1.29, 1.82) is 0 Å². The fourth-order valence-corrected chi connectivity index (χ4v) is 2.60. The maximum absolute atomic E-state index is 6.40. The van der Waals surface area contributed by atoms with Gasteiger partial charge in [-0.25, -0.2) is 0 Å². The second-order valence-electron chi connectivity index (χ2n) is 5.00. The quantitative estimate of drug-likeness (QED) is 0.896. The first-order chi connectivity index (χ1) is 9.25. The van der Waals surface area contributed by atoms with Gasteiger partial charge in [-0.05, 0) is 43.0 Å². The predicted octanol–water partition coefficient (Wildman–Crippen LogP) is 2.76. The number of hydrogen-bond acceptors (Lipinski definition) is 3. The largest absolute Gasteiger partial charge is 0.493 e. The van der Waals surface area contributed by atoms with Gasteiger partial charge in [0.05, 0.1) is 12.6 Å². The van der Waals surface area contributed by atoms with E-state index in [-0.39, 0.29) is 6.04 Å². The van der Waals surface area contributed by atoms with Gasteiger partial charge in [0.25, 0.3) is 0 Å². The molecule has 98 valence electrons. The van der Waals surface area contributed by atoms with Gasteiger partial charge in [-0.3, -0.25) is 4.98 Å². The van der Waals surface area contributed by atoms with E-state index in [9.17, 15) is 0 Å². The van der Waals surface area contributed by atoms with Gasteiger partial charge in [-0.2, -0.15) is 0 Å². The normalized spacial score (nSPS) is 15.5. The van der Waals surface area contributed by atoms with Gasteiger partial charge in [0.1, 0.15) is 5.75 Å². The number of benzene rings is 1. The Morgan fingerprint density at radius 1 is 1.32 bits per heavy atom. The molecule has 0 fully saturated rings. The third kappa shape index (κ3) is 2.34. The number of ether oxygens (including phenoxy) is 1. The van der Waals surface area contributed by atoms with Crippen LogP contribution in [0.15, 0.2) is 36.5 Å². The molecule has 3 heteroatoms. The minimum absolute atomic E-state index is 0.158. The molecule has 1 aliphatic rings. The van der Waals surface area contributed by atoms with Gasteiger partial charge in [0, 0.05) is 17.5 Å². The third-order valence-electron chi connectivity index (χ3n) is 3.58. The van der Waals surface area contributed by atoms with Crippen molar-refractivity contribution < 1.29 is 4.74 Å². The van der Waals surface area contributed by atoms with E-state index < -0.39 is 0 Å². The van der Waals surface area contributed by atoms with Crippen molar-refractivity contribution in [3.05, 3.63) is 58.9 Å². The van der Waals surface area contributed by atoms with E-state index in [4.69, 9.17) is 10.5 Å². The number of para-hydroxylation sites is 1. The summed E-state index contributed by atoms with van der Waals surface area (Å²) in [7, 11) is 0. The summed E-state index contributed by atoms with van der Waals surface area (Å²) < 4.78 is 5.83. The van der Waals surface area contributed by atoms with Crippen LogP contribution in [-0.2, 0) is 6.42 Å². The van der Waals surface area contributed by atoms with Gasteiger partial charge >= 0.3 is 0 Å². The molecule has 0 spiro atoms. The lowest BCUT2D eigenvalue weighted by atomic mass is 9.94. The Hall–Kier alpha value is -1.87. The lowest BCUT2D eigenvalue weighted by Gasteiger charge is -2.23. The van der Waals surface area contributed by atoms with Crippen molar-refractivity contribution in [3.63, 3.8) is 0 Å². The molecule has 1 aromatic heterocycles. The molecular weight excluding hydrogens is 236 g/mol. The van der Waals surface area contributed by atoms with Crippen LogP contribution in [0.5, 0.6) is 5.75 Å². The van der Waals surface area contributed by atoms with Gasteiger partial charge in [0.15, 0.2) is 0 Å². The van der Waals surface area contributed by atoms with Crippen LogP contribution in [0, 0.1) is 6.92 Å². The van der Waals surface area contributed by atoms with Crippen LogP contribution < -0.4 is 10.5 Å². The van der Waals surface area contributed by atoms with Crippen molar-refractivity contribution in [3.8, 4) is 5.75 Å². The average Bonchev–Trinajstić information content (AvgIpc) is 2.46. The number of fused-ring (bicyclic) bond motifs is 1. The lowest BCUT2D eigenvalue weighted by molar-refractivity contribution is 0.284. The number of nitrogens with two attached hydrogens (primary N) is 1. The van der Waals surface area contributed by atoms with Crippen molar-refractivity contribution in [2.45, 2.75) is 25.8 Å². The van der Waals surface area contributed by atoms with E-state index in [1.54, 1.807) is 6.20 Å². The summed E-state index contributed by atoms with van der Waals surface area (Å²) in [5, 5.41) is 0.